The summed E-state index contributed by atoms with van der Waals surface area (Å²) in [5, 5.41) is 1.15. The van der Waals surface area contributed by atoms with Gasteiger partial charge in [-0.1, -0.05) is 18.2 Å². The van der Waals surface area contributed by atoms with Gasteiger partial charge in [-0.05, 0) is 6.07 Å². The lowest BCUT2D eigenvalue weighted by molar-refractivity contribution is 1.12. The van der Waals surface area contributed by atoms with Gasteiger partial charge >= 0.3 is 5.69 Å². The van der Waals surface area contributed by atoms with Crippen molar-refractivity contribution < 1.29 is 0 Å². The maximum atomic E-state index is 10.7. The summed E-state index contributed by atoms with van der Waals surface area (Å²) < 4.78 is 0. The molecule has 74 valence electrons. The van der Waals surface area contributed by atoms with Crippen molar-refractivity contribution >= 4 is 34.1 Å². The molecule has 0 fully saturated rings. The van der Waals surface area contributed by atoms with E-state index in [9.17, 15) is 4.79 Å². The molecule has 14 heavy (non-hydrogen) atoms. The van der Waals surface area contributed by atoms with Crippen LogP contribution < -0.4 is 5.69 Å². The fourth-order valence-electron chi connectivity index (χ4n) is 0.999. The molecule has 0 bridgehead atoms. The zero-order valence-corrected chi connectivity index (χ0v) is 8.72. The van der Waals surface area contributed by atoms with Crippen LogP contribution in [0.4, 0.5) is 0 Å². The number of nitrogens with one attached hydrogen (secondary N) is 1. The molecule has 0 aliphatic heterocycles. The van der Waals surface area contributed by atoms with E-state index in [1.807, 2.05) is 24.3 Å². The second-order valence-corrected chi connectivity index (χ2v) is 3.18. The number of H-pyrrole nitrogens is 1. The minimum Gasteiger partial charge on any atom is -0.305 e. The molecule has 2 aromatic rings. The van der Waals surface area contributed by atoms with E-state index in [2.05, 4.69) is 9.97 Å². The summed E-state index contributed by atoms with van der Waals surface area (Å²) in [5.41, 5.74) is 0.524. The van der Waals surface area contributed by atoms with Crippen LogP contribution in [-0.4, -0.2) is 15.3 Å². The van der Waals surface area contributed by atoms with Crippen LogP contribution in [0.15, 0.2) is 35.3 Å². The van der Waals surface area contributed by atoms with Gasteiger partial charge in [0.15, 0.2) is 0 Å². The maximum absolute atomic E-state index is 10.7. The number of alkyl halides is 2. The van der Waals surface area contributed by atoms with Crippen molar-refractivity contribution in [2.24, 2.45) is 0 Å². The first-order valence-electron chi connectivity index (χ1n) is 3.84. The number of para-hydroxylation sites is 1. The van der Waals surface area contributed by atoms with E-state index in [1.165, 1.54) is 0 Å². The van der Waals surface area contributed by atoms with Gasteiger partial charge in [-0.15, -0.1) is 23.2 Å². The maximum Gasteiger partial charge on any atom is 0.345 e. The minimum absolute atomic E-state index is 0.194. The Labute approximate surface area is 90.7 Å². The average Bonchev–Trinajstić information content (AvgIpc) is 2.19. The number of hydrogen-bond donors (Lipinski definition) is 1. The third-order valence-electron chi connectivity index (χ3n) is 1.52. The fourth-order valence-corrected chi connectivity index (χ4v) is 0.999. The Morgan fingerprint density at radius 3 is 2.64 bits per heavy atom. The van der Waals surface area contributed by atoms with E-state index in [4.69, 9.17) is 23.2 Å². The Bertz CT molecular complexity index is 456. The molecule has 0 spiro atoms. The molecular formula is C9H8Cl2N2O. The van der Waals surface area contributed by atoms with E-state index >= 15 is 0 Å². The summed E-state index contributed by atoms with van der Waals surface area (Å²) in [6, 6.07) is 7.53. The number of fused-ring (bicyclic) bond motifs is 1. The van der Waals surface area contributed by atoms with Crippen molar-refractivity contribution in [3.8, 4) is 0 Å². The van der Waals surface area contributed by atoms with Crippen molar-refractivity contribution in [1.29, 1.82) is 0 Å². The molecule has 2 rings (SSSR count). The van der Waals surface area contributed by atoms with Gasteiger partial charge in [0.2, 0.25) is 0 Å². The number of aromatic nitrogens is 2. The summed E-state index contributed by atoms with van der Waals surface area (Å²) in [4.78, 5) is 16.9. The third kappa shape index (κ3) is 3.01. The molecular weight excluding hydrogens is 223 g/mol. The summed E-state index contributed by atoms with van der Waals surface area (Å²) in [6.45, 7) is 0. The topological polar surface area (TPSA) is 45.8 Å². The smallest absolute Gasteiger partial charge is 0.305 e. The van der Waals surface area contributed by atoms with Crippen LogP contribution in [0, 0.1) is 0 Å². The van der Waals surface area contributed by atoms with Crippen LogP contribution in [0.5, 0.6) is 0 Å². The highest BCUT2D eigenvalue weighted by atomic mass is 35.5. The van der Waals surface area contributed by atoms with Crippen LogP contribution in [0.25, 0.3) is 10.9 Å². The van der Waals surface area contributed by atoms with Gasteiger partial charge in [-0.2, -0.15) is 0 Å². The van der Waals surface area contributed by atoms with Gasteiger partial charge in [0.25, 0.3) is 0 Å². The van der Waals surface area contributed by atoms with Crippen LogP contribution in [0.2, 0.25) is 0 Å². The van der Waals surface area contributed by atoms with Crippen LogP contribution in [-0.2, 0) is 0 Å². The normalized spacial score (nSPS) is 9.29. The highest BCUT2D eigenvalue weighted by Gasteiger charge is 1.90. The number of halogens is 2. The third-order valence-corrected chi connectivity index (χ3v) is 1.52. The SMILES string of the molecule is ClCCl.O=c1ncc2ccccc2[nH]1. The zero-order chi connectivity index (χ0) is 10.4. The van der Waals surface area contributed by atoms with Crippen LogP contribution >= 0.6 is 23.2 Å². The molecule has 1 aromatic carbocycles. The molecule has 1 aromatic heterocycles. The second-order valence-electron chi connectivity index (χ2n) is 2.38. The van der Waals surface area contributed by atoms with Gasteiger partial charge in [0.1, 0.15) is 0 Å². The van der Waals surface area contributed by atoms with Gasteiger partial charge in [0, 0.05) is 11.6 Å². The molecule has 0 radical (unpaired) electrons. The Morgan fingerprint density at radius 2 is 1.93 bits per heavy atom. The molecule has 0 saturated heterocycles. The Hall–Kier alpha value is -1.06. The van der Waals surface area contributed by atoms with E-state index in [-0.39, 0.29) is 11.0 Å². The lowest BCUT2D eigenvalue weighted by Gasteiger charge is -1.92. The van der Waals surface area contributed by atoms with Gasteiger partial charge in [-0.25, -0.2) is 9.78 Å². The molecule has 0 amide bonds. The Morgan fingerprint density at radius 1 is 1.29 bits per heavy atom. The lowest BCUT2D eigenvalue weighted by Crippen LogP contribution is -2.07. The van der Waals surface area contributed by atoms with Gasteiger partial charge in [-0.3, -0.25) is 0 Å². The molecule has 0 aliphatic carbocycles. The molecule has 1 N–H and O–H groups in total. The number of nitrogens with zero attached hydrogens (tertiary/aromatic N) is 1. The summed E-state index contributed by atoms with van der Waals surface area (Å²) >= 11 is 9.53. The molecule has 1 heterocycles. The molecule has 5 heteroatoms. The minimum atomic E-state index is -0.302. The quantitative estimate of drug-likeness (QED) is 0.707. The van der Waals surface area contributed by atoms with Crippen molar-refractivity contribution in [3.05, 3.63) is 40.9 Å². The first kappa shape index (κ1) is 11.0. The highest BCUT2D eigenvalue weighted by Crippen LogP contribution is 2.05. The number of hydrogen-bond acceptors (Lipinski definition) is 2. The summed E-state index contributed by atoms with van der Waals surface area (Å²) in [7, 11) is 0. The zero-order valence-electron chi connectivity index (χ0n) is 7.21. The molecule has 3 nitrogen and oxygen atoms in total. The Balaban J connectivity index is 0.000000293. The van der Waals surface area contributed by atoms with E-state index in [0.29, 0.717) is 0 Å². The van der Waals surface area contributed by atoms with Gasteiger partial charge in [0.05, 0.1) is 10.9 Å². The van der Waals surface area contributed by atoms with Crippen molar-refractivity contribution in [2.75, 3.05) is 5.34 Å². The monoisotopic (exact) mass is 230 g/mol. The second kappa shape index (κ2) is 5.62. The predicted octanol–water partition coefficient (Wildman–Crippen LogP) is 2.34. The predicted molar refractivity (Wildman–Crippen MR) is 58.9 cm³/mol. The lowest BCUT2D eigenvalue weighted by atomic mass is 10.2. The number of rotatable bonds is 0. The largest absolute Gasteiger partial charge is 0.345 e. The number of aromatic amines is 1. The van der Waals surface area contributed by atoms with E-state index in [1.54, 1.807) is 6.20 Å². The van der Waals surface area contributed by atoms with E-state index in [0.717, 1.165) is 10.9 Å². The van der Waals surface area contributed by atoms with Crippen molar-refractivity contribution in [2.45, 2.75) is 0 Å². The number of benzene rings is 1. The summed E-state index contributed by atoms with van der Waals surface area (Å²) in [5.74, 6) is 0. The summed E-state index contributed by atoms with van der Waals surface area (Å²) in [6.07, 6.45) is 1.56. The highest BCUT2D eigenvalue weighted by molar-refractivity contribution is 6.40. The first-order valence-corrected chi connectivity index (χ1v) is 4.91. The van der Waals surface area contributed by atoms with Crippen LogP contribution in [0.3, 0.4) is 0 Å². The van der Waals surface area contributed by atoms with Crippen molar-refractivity contribution in [3.63, 3.8) is 0 Å². The molecule has 0 aliphatic rings. The fraction of sp³-hybridized carbons (Fsp3) is 0.111. The van der Waals surface area contributed by atoms with Crippen molar-refractivity contribution in [1.82, 2.24) is 9.97 Å². The Kier molecular flexibility index (Phi) is 4.43. The van der Waals surface area contributed by atoms with Gasteiger partial charge < -0.3 is 4.98 Å². The van der Waals surface area contributed by atoms with Crippen LogP contribution in [0.1, 0.15) is 0 Å². The molecule has 0 saturated carbocycles. The first-order chi connectivity index (χ1) is 6.77. The standard InChI is InChI=1S/C8H6N2O.CH2Cl2/c11-8-9-5-6-3-1-2-4-7(6)10-8;2-1-3/h1-5H,(H,9,10,11);1H2. The molecule has 0 atom stereocenters. The van der Waals surface area contributed by atoms with E-state index < -0.39 is 0 Å². The average molecular weight is 231 g/mol. The molecule has 0 unspecified atom stereocenters.